The smallest absolute Gasteiger partial charge is 0.328 e. The molecular formula is C41H59N7O15. The number of carboxylic acids is 1. The number of ether oxygens (including phenoxy) is 2. The Bertz CT molecular complexity index is 1850. The first kappa shape index (κ1) is 51.6. The number of benzene rings is 2. The van der Waals surface area contributed by atoms with Crippen LogP contribution in [0.15, 0.2) is 54.6 Å². The van der Waals surface area contributed by atoms with Crippen LogP contribution in [-0.2, 0) is 55.9 Å². The van der Waals surface area contributed by atoms with Gasteiger partial charge in [-0.05, 0) is 48.9 Å². The summed E-state index contributed by atoms with van der Waals surface area (Å²) >= 11 is 0. The van der Waals surface area contributed by atoms with Crippen molar-refractivity contribution in [3.63, 3.8) is 0 Å². The lowest BCUT2D eigenvalue weighted by molar-refractivity contribution is -0.282. The molecule has 1 heterocycles. The number of phenols is 1. The number of carbonyl (C=O) groups is 7. The van der Waals surface area contributed by atoms with Gasteiger partial charge < -0.3 is 77.7 Å². The standard InChI is InChI=1S/C41H59N7O15/c1-20(2)14-27(39(59)48-32(40(60)61)21(3)62-41-33(44-22(4)51)35(55)34(54)30(19-50)63-41)46-38(58)28(16-23-8-6-5-7-9-23)45-31(53)17-43-37(57)29(18-49)47-36(56)26(42)15-24-10-12-25(52)13-11-24/h5-13,20-21,26-30,32-35,41,49-50,52,54-55H,14-19,42H2,1-4H3,(H,43,57)(H,44,51)(H,45,53)(H,46,58)(H,47,56)(H,48,59)(H,60,61)/t21-,26+,27+,28+,29-,30-,32+,33-,34-,35-,41-/m1/s1. The van der Waals surface area contributed by atoms with E-state index in [0.717, 1.165) is 6.92 Å². The van der Waals surface area contributed by atoms with Gasteiger partial charge in [-0.1, -0.05) is 56.3 Å². The number of nitrogens with two attached hydrogens (primary N) is 1. The van der Waals surface area contributed by atoms with Crippen LogP contribution in [0, 0.1) is 5.92 Å². The molecule has 3 rings (SSSR count). The van der Waals surface area contributed by atoms with Crippen molar-refractivity contribution in [1.82, 2.24) is 31.9 Å². The molecule has 1 saturated heterocycles. The Labute approximate surface area is 363 Å². The summed E-state index contributed by atoms with van der Waals surface area (Å²) in [5, 5.41) is 74.5. The van der Waals surface area contributed by atoms with E-state index in [-0.39, 0.29) is 30.9 Å². The van der Waals surface area contributed by atoms with Crippen LogP contribution < -0.4 is 37.6 Å². The summed E-state index contributed by atoms with van der Waals surface area (Å²) < 4.78 is 11.3. The number of phenolic OH excluding ortho intramolecular Hbond substituents is 1. The first-order valence-corrected chi connectivity index (χ1v) is 20.2. The quantitative estimate of drug-likeness (QED) is 0.0506. The maximum atomic E-state index is 13.9. The Hall–Kier alpha value is -5.75. The van der Waals surface area contributed by atoms with Crippen LogP contribution in [0.25, 0.3) is 0 Å². The Morgan fingerprint density at radius 3 is 1.94 bits per heavy atom. The third kappa shape index (κ3) is 16.1. The lowest BCUT2D eigenvalue weighted by Crippen LogP contribution is -2.66. The fourth-order valence-corrected chi connectivity index (χ4v) is 6.53. The van der Waals surface area contributed by atoms with E-state index in [0.29, 0.717) is 11.1 Å². The molecule has 11 atom stereocenters. The van der Waals surface area contributed by atoms with Crippen molar-refractivity contribution < 1.29 is 73.7 Å². The SMILES string of the molecule is CC(=O)N[C@H]1[C@H](O[C@H](C)[C@H](NC(=O)[C@H](CC(C)C)NC(=O)[C@H](Cc2ccccc2)NC(=O)CNC(=O)[C@@H](CO)NC(=O)[C@@H](N)Cc2ccc(O)cc2)C(=O)O)O[C@H](CO)[C@@H](O)[C@@H]1O. The van der Waals surface area contributed by atoms with Crippen molar-refractivity contribution in [2.45, 2.75) is 114 Å². The van der Waals surface area contributed by atoms with Crippen molar-refractivity contribution >= 4 is 41.4 Å². The molecule has 63 heavy (non-hydrogen) atoms. The predicted molar refractivity (Wildman–Crippen MR) is 221 cm³/mol. The molecule has 0 bridgehead atoms. The fourth-order valence-electron chi connectivity index (χ4n) is 6.53. The lowest BCUT2D eigenvalue weighted by atomic mass is 9.96. The average molecular weight is 890 g/mol. The number of nitrogens with one attached hydrogen (secondary N) is 6. The molecule has 2 aromatic carbocycles. The zero-order valence-electron chi connectivity index (χ0n) is 35.3. The lowest BCUT2D eigenvalue weighted by Gasteiger charge is -2.43. The Balaban J connectivity index is 1.72. The van der Waals surface area contributed by atoms with Crippen LogP contribution in [0.5, 0.6) is 5.75 Å². The number of aliphatic hydroxyl groups excluding tert-OH is 4. The highest BCUT2D eigenvalue weighted by atomic mass is 16.7. The number of amides is 6. The van der Waals surface area contributed by atoms with E-state index in [1.165, 1.54) is 19.1 Å². The van der Waals surface area contributed by atoms with Crippen LogP contribution in [0.3, 0.4) is 0 Å². The van der Waals surface area contributed by atoms with Gasteiger partial charge in [0.25, 0.3) is 0 Å². The molecule has 14 N–H and O–H groups in total. The molecule has 0 radical (unpaired) electrons. The number of hydrogen-bond acceptors (Lipinski definition) is 15. The number of aromatic hydroxyl groups is 1. The number of rotatable bonds is 23. The largest absolute Gasteiger partial charge is 0.508 e. The highest BCUT2D eigenvalue weighted by Gasteiger charge is 2.47. The van der Waals surface area contributed by atoms with Gasteiger partial charge in [0.2, 0.25) is 35.4 Å². The number of carboxylic acid groups (broad SMARTS) is 1. The predicted octanol–water partition coefficient (Wildman–Crippen LogP) is -3.97. The van der Waals surface area contributed by atoms with E-state index < -0.39 is 128 Å². The van der Waals surface area contributed by atoms with Gasteiger partial charge >= 0.3 is 5.97 Å². The molecule has 0 unspecified atom stereocenters. The second-order valence-corrected chi connectivity index (χ2v) is 15.5. The Morgan fingerprint density at radius 2 is 1.37 bits per heavy atom. The maximum Gasteiger partial charge on any atom is 0.328 e. The first-order chi connectivity index (χ1) is 29.7. The van der Waals surface area contributed by atoms with Gasteiger partial charge in [0.1, 0.15) is 48.2 Å². The third-order valence-electron chi connectivity index (χ3n) is 9.87. The normalized spacial score (nSPS) is 21.3. The highest BCUT2D eigenvalue weighted by molar-refractivity contribution is 5.95. The first-order valence-electron chi connectivity index (χ1n) is 20.2. The van der Waals surface area contributed by atoms with Gasteiger partial charge in [-0.25, -0.2) is 4.79 Å². The van der Waals surface area contributed by atoms with Crippen molar-refractivity contribution in [3.8, 4) is 5.75 Å². The minimum absolute atomic E-state index is 0.00726. The van der Waals surface area contributed by atoms with Gasteiger partial charge in [-0.3, -0.25) is 28.8 Å². The summed E-state index contributed by atoms with van der Waals surface area (Å²) in [5.41, 5.74) is 7.19. The number of hydrogen-bond donors (Lipinski definition) is 13. The molecule has 22 heteroatoms. The molecule has 0 aromatic heterocycles. The maximum absolute atomic E-state index is 13.9. The minimum atomic E-state index is -1.81. The number of aliphatic hydroxyl groups is 4. The molecule has 1 aliphatic rings. The monoisotopic (exact) mass is 889 g/mol. The number of carbonyl (C=O) groups excluding carboxylic acids is 6. The van der Waals surface area contributed by atoms with Crippen LogP contribution >= 0.6 is 0 Å². The van der Waals surface area contributed by atoms with Gasteiger partial charge in [0, 0.05) is 13.3 Å². The van der Waals surface area contributed by atoms with Gasteiger partial charge in [0.05, 0.1) is 31.9 Å². The third-order valence-corrected chi connectivity index (χ3v) is 9.87. The summed E-state index contributed by atoms with van der Waals surface area (Å²) in [6.45, 7) is 3.53. The van der Waals surface area contributed by atoms with E-state index >= 15 is 0 Å². The Morgan fingerprint density at radius 1 is 0.762 bits per heavy atom. The van der Waals surface area contributed by atoms with Gasteiger partial charge in [-0.2, -0.15) is 0 Å². The minimum Gasteiger partial charge on any atom is -0.508 e. The van der Waals surface area contributed by atoms with E-state index in [2.05, 4.69) is 31.9 Å². The van der Waals surface area contributed by atoms with Gasteiger partial charge in [-0.15, -0.1) is 0 Å². The van der Waals surface area contributed by atoms with Crippen molar-refractivity contribution in [1.29, 1.82) is 0 Å². The van der Waals surface area contributed by atoms with Crippen molar-refractivity contribution in [3.05, 3.63) is 65.7 Å². The molecule has 0 saturated carbocycles. The summed E-state index contributed by atoms with van der Waals surface area (Å²) in [5.74, 6) is -6.84. The van der Waals surface area contributed by atoms with Gasteiger partial charge in [0.15, 0.2) is 12.3 Å². The van der Waals surface area contributed by atoms with E-state index in [4.69, 9.17) is 15.2 Å². The summed E-state index contributed by atoms with van der Waals surface area (Å²) in [4.78, 5) is 90.9. The molecule has 348 valence electrons. The highest BCUT2D eigenvalue weighted by Crippen LogP contribution is 2.24. The second-order valence-electron chi connectivity index (χ2n) is 15.5. The Kier molecular flexibility index (Phi) is 20.3. The van der Waals surface area contributed by atoms with Crippen LogP contribution in [-0.4, -0.2) is 159 Å². The fraction of sp³-hybridized carbons (Fsp3) is 0.537. The zero-order valence-corrected chi connectivity index (χ0v) is 35.3. The van der Waals surface area contributed by atoms with E-state index in [1.807, 2.05) is 0 Å². The zero-order chi connectivity index (χ0) is 47.0. The molecular weight excluding hydrogens is 830 g/mol. The van der Waals surface area contributed by atoms with Crippen LogP contribution in [0.4, 0.5) is 0 Å². The number of aliphatic carboxylic acids is 1. The molecule has 6 amide bonds. The molecule has 1 fully saturated rings. The van der Waals surface area contributed by atoms with E-state index in [1.54, 1.807) is 56.3 Å². The molecule has 0 aliphatic carbocycles. The molecule has 2 aromatic rings. The molecule has 22 nitrogen and oxygen atoms in total. The summed E-state index contributed by atoms with van der Waals surface area (Å²) in [6.07, 6.45) is -7.78. The van der Waals surface area contributed by atoms with E-state index in [9.17, 15) is 64.2 Å². The topological polar surface area (TPSA) is 358 Å². The summed E-state index contributed by atoms with van der Waals surface area (Å²) in [6, 6.07) is 5.87. The second kappa shape index (κ2) is 24.8. The van der Waals surface area contributed by atoms with Crippen molar-refractivity contribution in [2.24, 2.45) is 11.7 Å². The molecule has 0 spiro atoms. The van der Waals surface area contributed by atoms with Crippen LogP contribution in [0.2, 0.25) is 0 Å². The van der Waals surface area contributed by atoms with Crippen molar-refractivity contribution in [2.75, 3.05) is 19.8 Å². The molecule has 1 aliphatic heterocycles. The summed E-state index contributed by atoms with van der Waals surface area (Å²) in [7, 11) is 0. The van der Waals surface area contributed by atoms with Crippen LogP contribution in [0.1, 0.15) is 45.2 Å². The average Bonchev–Trinajstić information content (AvgIpc) is 3.23.